The number of nitrogens with one attached hydrogen (secondary N) is 4. The maximum absolute atomic E-state index is 12.9. The predicted molar refractivity (Wildman–Crippen MR) is 98.3 cm³/mol. The maximum atomic E-state index is 12.9. The zero-order valence-corrected chi connectivity index (χ0v) is 14.6. The molecule has 5 nitrogen and oxygen atoms in total. The number of halogens is 6. The summed E-state index contributed by atoms with van der Waals surface area (Å²) in [5, 5.41) is 14.4. The van der Waals surface area contributed by atoms with Crippen molar-refractivity contribution in [2.24, 2.45) is 5.73 Å². The summed E-state index contributed by atoms with van der Waals surface area (Å²) in [7, 11) is 0. The minimum Gasteiger partial charge on any atom is -0.370 e. The smallest absolute Gasteiger partial charge is 0.370 e. The molecule has 0 radical (unpaired) electrons. The Morgan fingerprint density at radius 2 is 1.29 bits per heavy atom. The van der Waals surface area contributed by atoms with Gasteiger partial charge in [-0.05, 0) is 42.5 Å². The van der Waals surface area contributed by atoms with E-state index in [1.807, 2.05) is 0 Å². The quantitative estimate of drug-likeness (QED) is 0.212. The first-order valence-electron chi connectivity index (χ1n) is 7.44. The zero-order valence-electron chi connectivity index (χ0n) is 13.8. The average molecular weight is 421 g/mol. The molecular weight excluding hydrogens is 408 g/mol. The summed E-state index contributed by atoms with van der Waals surface area (Å²) in [6.07, 6.45) is -9.94. The molecule has 150 valence electrons. The van der Waals surface area contributed by atoms with Gasteiger partial charge in [-0.15, -0.1) is 0 Å². The Labute approximate surface area is 160 Å². The van der Waals surface area contributed by atoms with Gasteiger partial charge >= 0.3 is 12.4 Å². The van der Waals surface area contributed by atoms with E-state index in [0.29, 0.717) is 23.5 Å². The largest absolute Gasteiger partial charge is 0.416 e. The molecule has 0 spiro atoms. The van der Waals surface area contributed by atoms with Crippen LogP contribution in [0.1, 0.15) is 11.1 Å². The molecule has 6 N–H and O–H groups in total. The fraction of sp³-hybridized carbons (Fsp3) is 0.125. The van der Waals surface area contributed by atoms with Crippen LogP contribution in [0, 0.1) is 5.41 Å². The molecule has 0 unspecified atom stereocenters. The van der Waals surface area contributed by atoms with Crippen molar-refractivity contribution in [3.63, 3.8) is 0 Å². The van der Waals surface area contributed by atoms with Crippen LogP contribution in [0.4, 0.5) is 43.4 Å². The molecule has 2 aromatic carbocycles. The Morgan fingerprint density at radius 3 is 1.71 bits per heavy atom. The molecule has 0 aliphatic heterocycles. The molecule has 0 bridgehead atoms. The van der Waals surface area contributed by atoms with E-state index >= 15 is 0 Å². The van der Waals surface area contributed by atoms with Crippen molar-refractivity contribution in [3.05, 3.63) is 53.6 Å². The van der Waals surface area contributed by atoms with E-state index in [9.17, 15) is 26.3 Å². The van der Waals surface area contributed by atoms with Gasteiger partial charge in [-0.3, -0.25) is 5.41 Å². The number of para-hydroxylation sites is 2. The third-order valence-corrected chi connectivity index (χ3v) is 3.49. The molecular formula is C16H13F6N5S. The van der Waals surface area contributed by atoms with Gasteiger partial charge in [0.15, 0.2) is 11.1 Å². The van der Waals surface area contributed by atoms with Gasteiger partial charge in [0.1, 0.15) is 0 Å². The number of nitrogens with two attached hydrogens (primary N) is 1. The molecule has 0 amide bonds. The van der Waals surface area contributed by atoms with Crippen molar-refractivity contribution in [1.82, 2.24) is 0 Å². The van der Waals surface area contributed by atoms with Crippen LogP contribution in [-0.2, 0) is 12.4 Å². The van der Waals surface area contributed by atoms with E-state index in [1.165, 1.54) is 6.07 Å². The number of guanidine groups is 1. The molecule has 2 rings (SSSR count). The average Bonchev–Trinajstić information content (AvgIpc) is 2.54. The highest BCUT2D eigenvalue weighted by molar-refractivity contribution is 7.80. The monoisotopic (exact) mass is 421 g/mol. The lowest BCUT2D eigenvalue weighted by molar-refractivity contribution is -0.143. The lowest BCUT2D eigenvalue weighted by Crippen LogP contribution is -2.24. The van der Waals surface area contributed by atoms with Gasteiger partial charge in [-0.1, -0.05) is 12.1 Å². The van der Waals surface area contributed by atoms with Gasteiger partial charge in [-0.2, -0.15) is 26.3 Å². The molecule has 0 aliphatic rings. The summed E-state index contributed by atoms with van der Waals surface area (Å²) in [6.45, 7) is 0. The minimum atomic E-state index is -4.97. The highest BCUT2D eigenvalue weighted by Gasteiger charge is 2.37. The summed E-state index contributed by atoms with van der Waals surface area (Å²) in [5.74, 6) is -0.374. The highest BCUT2D eigenvalue weighted by Crippen LogP contribution is 2.37. The van der Waals surface area contributed by atoms with Crippen LogP contribution in [0.2, 0.25) is 0 Å². The normalized spacial score (nSPS) is 11.6. The number of alkyl halides is 6. The zero-order chi connectivity index (χ0) is 21.1. The third kappa shape index (κ3) is 5.74. The van der Waals surface area contributed by atoms with E-state index in [-0.39, 0.29) is 17.1 Å². The van der Waals surface area contributed by atoms with Gasteiger partial charge in [0.05, 0.1) is 22.5 Å². The molecule has 0 saturated heterocycles. The second kappa shape index (κ2) is 7.92. The van der Waals surface area contributed by atoms with Crippen LogP contribution in [0.5, 0.6) is 0 Å². The van der Waals surface area contributed by atoms with Crippen LogP contribution in [-0.4, -0.2) is 11.1 Å². The second-order valence-electron chi connectivity index (χ2n) is 5.46. The second-order valence-corrected chi connectivity index (χ2v) is 5.87. The van der Waals surface area contributed by atoms with E-state index < -0.39 is 29.2 Å². The summed E-state index contributed by atoms with van der Waals surface area (Å²) < 4.78 is 77.5. The molecule has 0 aromatic heterocycles. The van der Waals surface area contributed by atoms with Gasteiger partial charge in [0, 0.05) is 5.69 Å². The maximum Gasteiger partial charge on any atom is 0.416 e. The molecule has 0 aliphatic carbocycles. The molecule has 0 heterocycles. The lowest BCUT2D eigenvalue weighted by Gasteiger charge is -2.17. The topological polar surface area (TPSA) is 86.0 Å². The van der Waals surface area contributed by atoms with E-state index in [2.05, 4.69) is 16.0 Å². The SMILES string of the molecule is N=C(N)Nc1ccccc1NC(=S)Nc1cc(C(F)(F)F)cc(C(F)(F)F)c1. The summed E-state index contributed by atoms with van der Waals surface area (Å²) in [5.41, 5.74) is 2.46. The lowest BCUT2D eigenvalue weighted by atomic mass is 10.1. The van der Waals surface area contributed by atoms with Crippen LogP contribution >= 0.6 is 12.2 Å². The Balaban J connectivity index is 2.28. The number of hydrogen-bond acceptors (Lipinski definition) is 2. The Hall–Kier alpha value is -3.02. The van der Waals surface area contributed by atoms with Crippen molar-refractivity contribution in [3.8, 4) is 0 Å². The number of hydrogen-bond donors (Lipinski definition) is 5. The van der Waals surface area contributed by atoms with Crippen LogP contribution in [0.25, 0.3) is 0 Å². The van der Waals surface area contributed by atoms with Crippen molar-refractivity contribution >= 4 is 40.4 Å². The number of anilines is 3. The predicted octanol–water partition coefficient (Wildman–Crippen LogP) is 4.84. The summed E-state index contributed by atoms with van der Waals surface area (Å²) in [4.78, 5) is 0. The van der Waals surface area contributed by atoms with Crippen LogP contribution in [0.15, 0.2) is 42.5 Å². The van der Waals surface area contributed by atoms with Gasteiger partial charge in [-0.25, -0.2) is 0 Å². The molecule has 28 heavy (non-hydrogen) atoms. The van der Waals surface area contributed by atoms with Crippen molar-refractivity contribution in [2.45, 2.75) is 12.4 Å². The first kappa shape index (κ1) is 21.3. The van der Waals surface area contributed by atoms with Gasteiger partial charge in [0.2, 0.25) is 0 Å². The standard InChI is InChI=1S/C16H13F6N5S/c17-15(18,19)8-5-9(16(20,21)22)7-10(6-8)25-14(28)27-12-4-2-1-3-11(12)26-13(23)24/h1-7H,(H4,23,24,26)(H2,25,27,28). The fourth-order valence-electron chi connectivity index (χ4n) is 2.16. The van der Waals surface area contributed by atoms with E-state index in [1.54, 1.807) is 18.2 Å². The first-order chi connectivity index (χ1) is 12.9. The Bertz CT molecular complexity index is 862. The van der Waals surface area contributed by atoms with E-state index in [4.69, 9.17) is 23.4 Å². The molecule has 2 aromatic rings. The third-order valence-electron chi connectivity index (χ3n) is 3.29. The van der Waals surface area contributed by atoms with Gasteiger partial charge in [0.25, 0.3) is 0 Å². The summed E-state index contributed by atoms with van der Waals surface area (Å²) in [6, 6.07) is 7.34. The van der Waals surface area contributed by atoms with E-state index in [0.717, 1.165) is 0 Å². The summed E-state index contributed by atoms with van der Waals surface area (Å²) >= 11 is 4.97. The molecule has 0 atom stereocenters. The van der Waals surface area contributed by atoms with Crippen molar-refractivity contribution < 1.29 is 26.3 Å². The fourth-order valence-corrected chi connectivity index (χ4v) is 2.39. The molecule has 12 heteroatoms. The Kier molecular flexibility index (Phi) is 6.02. The molecule has 0 fully saturated rings. The van der Waals surface area contributed by atoms with Gasteiger partial charge < -0.3 is 21.7 Å². The molecule has 0 saturated carbocycles. The van der Waals surface area contributed by atoms with Crippen molar-refractivity contribution in [1.29, 1.82) is 5.41 Å². The highest BCUT2D eigenvalue weighted by atomic mass is 32.1. The first-order valence-corrected chi connectivity index (χ1v) is 7.84. The van der Waals surface area contributed by atoms with Crippen molar-refractivity contribution in [2.75, 3.05) is 16.0 Å². The number of thiocarbonyl (C=S) groups is 1. The van der Waals surface area contributed by atoms with Crippen LogP contribution < -0.4 is 21.7 Å². The van der Waals surface area contributed by atoms with Crippen LogP contribution in [0.3, 0.4) is 0 Å². The Morgan fingerprint density at radius 1 is 0.821 bits per heavy atom. The minimum absolute atomic E-state index is 0.0216. The number of benzene rings is 2. The number of rotatable bonds is 3.